The van der Waals surface area contributed by atoms with Crippen LogP contribution in [0.3, 0.4) is 0 Å². The minimum atomic E-state index is -0.670. The summed E-state index contributed by atoms with van der Waals surface area (Å²) in [6.07, 6.45) is 7.86. The highest BCUT2D eigenvalue weighted by molar-refractivity contribution is 6.09. The number of piperidine rings is 1. The van der Waals surface area contributed by atoms with Crippen molar-refractivity contribution < 1.29 is 19.2 Å². The number of rotatable bonds is 4. The number of anilines is 1. The molecule has 2 N–H and O–H groups in total. The first-order valence-corrected chi connectivity index (χ1v) is 12.4. The van der Waals surface area contributed by atoms with Crippen molar-refractivity contribution in [3.63, 3.8) is 0 Å². The van der Waals surface area contributed by atoms with Crippen molar-refractivity contribution in [2.45, 2.75) is 64.6 Å². The predicted molar refractivity (Wildman–Crippen MR) is 133 cm³/mol. The Morgan fingerprint density at radius 3 is 2.67 bits per heavy atom. The van der Waals surface area contributed by atoms with Gasteiger partial charge in [0.05, 0.1) is 5.56 Å². The van der Waals surface area contributed by atoms with Crippen LogP contribution in [0.5, 0.6) is 0 Å². The second-order valence-corrected chi connectivity index (χ2v) is 10.0. The Labute approximate surface area is 207 Å². The summed E-state index contributed by atoms with van der Waals surface area (Å²) in [7, 11) is 0. The van der Waals surface area contributed by atoms with Gasteiger partial charge in [0.2, 0.25) is 11.8 Å². The van der Waals surface area contributed by atoms with Gasteiger partial charge in [-0.25, -0.2) is 4.98 Å². The van der Waals surface area contributed by atoms with Crippen molar-refractivity contribution in [1.82, 2.24) is 19.8 Å². The van der Waals surface area contributed by atoms with Crippen LogP contribution in [0, 0.1) is 13.8 Å². The second kappa shape index (κ2) is 8.29. The van der Waals surface area contributed by atoms with E-state index in [4.69, 9.17) is 0 Å². The number of imide groups is 1. The molecule has 9 nitrogen and oxygen atoms in total. The van der Waals surface area contributed by atoms with Gasteiger partial charge in [0, 0.05) is 48.0 Å². The predicted octanol–water partition coefficient (Wildman–Crippen LogP) is 3.39. The van der Waals surface area contributed by atoms with Gasteiger partial charge in [0.15, 0.2) is 0 Å². The van der Waals surface area contributed by atoms with E-state index in [2.05, 4.69) is 33.3 Å². The molecule has 1 aliphatic carbocycles. The number of hydrogen-bond acceptors (Lipinski definition) is 5. The molecule has 4 heterocycles. The normalized spacial score (nSPS) is 19.9. The van der Waals surface area contributed by atoms with Gasteiger partial charge in [0.25, 0.3) is 11.8 Å². The van der Waals surface area contributed by atoms with Gasteiger partial charge in [-0.15, -0.1) is 0 Å². The lowest BCUT2D eigenvalue weighted by Crippen LogP contribution is -2.52. The summed E-state index contributed by atoms with van der Waals surface area (Å²) in [4.78, 5) is 56.1. The van der Waals surface area contributed by atoms with Crippen LogP contribution in [-0.2, 0) is 16.1 Å². The van der Waals surface area contributed by atoms with Gasteiger partial charge in [0.1, 0.15) is 11.7 Å². The second-order valence-electron chi connectivity index (χ2n) is 10.0. The fourth-order valence-electron chi connectivity index (χ4n) is 5.61. The Morgan fingerprint density at radius 2 is 1.94 bits per heavy atom. The molecule has 4 amide bonds. The molecule has 1 atom stereocenters. The molecule has 1 saturated heterocycles. The molecule has 3 aromatic rings. The summed E-state index contributed by atoms with van der Waals surface area (Å²) in [5.74, 6) is -1.26. The SMILES string of the molecule is Cc1cn(C2CCC2)c2ncc(C(=O)Nc3ccc4c(c3)CN(C3CCC(=O)NC3=O)C4=O)c(C)c12. The van der Waals surface area contributed by atoms with Crippen LogP contribution < -0.4 is 10.6 Å². The number of aromatic nitrogens is 2. The molecule has 2 aliphatic heterocycles. The number of benzene rings is 1. The fraction of sp³-hybridized carbons (Fsp3) is 0.370. The van der Waals surface area contributed by atoms with E-state index in [-0.39, 0.29) is 30.7 Å². The molecule has 0 bridgehead atoms. The highest BCUT2D eigenvalue weighted by Gasteiger charge is 2.39. The topological polar surface area (TPSA) is 113 Å². The minimum Gasteiger partial charge on any atom is -0.329 e. The maximum Gasteiger partial charge on any atom is 0.257 e. The van der Waals surface area contributed by atoms with Crippen molar-refractivity contribution >= 4 is 40.3 Å². The van der Waals surface area contributed by atoms with E-state index >= 15 is 0 Å². The van der Waals surface area contributed by atoms with Gasteiger partial charge in [-0.3, -0.25) is 24.5 Å². The number of fused-ring (bicyclic) bond motifs is 2. The maximum atomic E-state index is 13.2. The number of carbonyl (C=O) groups excluding carboxylic acids is 4. The van der Waals surface area contributed by atoms with E-state index in [1.165, 1.54) is 11.3 Å². The lowest BCUT2D eigenvalue weighted by atomic mass is 9.93. The van der Waals surface area contributed by atoms with Crippen LogP contribution in [0.15, 0.2) is 30.6 Å². The molecule has 3 aliphatic rings. The molecule has 6 rings (SSSR count). The van der Waals surface area contributed by atoms with Crippen molar-refractivity contribution in [2.24, 2.45) is 0 Å². The first kappa shape index (κ1) is 22.5. The smallest absolute Gasteiger partial charge is 0.257 e. The number of pyridine rings is 1. The molecule has 2 aromatic heterocycles. The van der Waals surface area contributed by atoms with Gasteiger partial charge >= 0.3 is 0 Å². The number of carbonyl (C=O) groups is 4. The number of amides is 4. The Kier molecular flexibility index (Phi) is 5.17. The molecular weight excluding hydrogens is 458 g/mol. The Balaban J connectivity index is 1.23. The zero-order chi connectivity index (χ0) is 25.1. The lowest BCUT2D eigenvalue weighted by Gasteiger charge is -2.29. The molecule has 36 heavy (non-hydrogen) atoms. The first-order chi connectivity index (χ1) is 17.3. The van der Waals surface area contributed by atoms with Crippen LogP contribution >= 0.6 is 0 Å². The molecule has 1 saturated carbocycles. The van der Waals surface area contributed by atoms with E-state index in [0.29, 0.717) is 29.3 Å². The van der Waals surface area contributed by atoms with Gasteiger partial charge < -0.3 is 14.8 Å². The number of nitrogens with one attached hydrogen (secondary N) is 2. The van der Waals surface area contributed by atoms with Gasteiger partial charge in [-0.2, -0.15) is 0 Å². The molecular formula is C27H27N5O4. The standard InChI is InChI=1S/C27H27N5O4/c1-14-12-31(18-4-3-5-18)24-23(14)15(2)20(11-28-24)25(34)29-17-6-7-19-16(10-17)13-32(27(19)36)21-8-9-22(33)30-26(21)35/h6-7,10-12,18,21H,3-5,8-9,13H2,1-2H3,(H,29,34)(H,30,33,35). The summed E-state index contributed by atoms with van der Waals surface area (Å²) >= 11 is 0. The van der Waals surface area contributed by atoms with Gasteiger partial charge in [-0.05, 0) is 74.4 Å². The van der Waals surface area contributed by atoms with Crippen LogP contribution in [0.1, 0.15) is 75.6 Å². The van der Waals surface area contributed by atoms with Crippen molar-refractivity contribution in [2.75, 3.05) is 5.32 Å². The molecule has 184 valence electrons. The average molecular weight is 486 g/mol. The first-order valence-electron chi connectivity index (χ1n) is 12.4. The summed E-state index contributed by atoms with van der Waals surface area (Å²) < 4.78 is 2.24. The Bertz CT molecular complexity index is 1470. The van der Waals surface area contributed by atoms with Crippen LogP contribution in [0.2, 0.25) is 0 Å². The molecule has 1 unspecified atom stereocenters. The minimum absolute atomic E-state index is 0.207. The largest absolute Gasteiger partial charge is 0.329 e. The Morgan fingerprint density at radius 1 is 1.14 bits per heavy atom. The molecule has 0 radical (unpaired) electrons. The zero-order valence-corrected chi connectivity index (χ0v) is 20.3. The summed E-state index contributed by atoms with van der Waals surface area (Å²) in [6, 6.07) is 4.97. The number of hydrogen-bond donors (Lipinski definition) is 2. The van der Waals surface area contributed by atoms with Crippen LogP contribution in [-0.4, -0.2) is 44.1 Å². The summed E-state index contributed by atoms with van der Waals surface area (Å²) in [5, 5.41) is 6.28. The van der Waals surface area contributed by atoms with Crippen LogP contribution in [0.4, 0.5) is 5.69 Å². The highest BCUT2D eigenvalue weighted by atomic mass is 16.2. The van der Waals surface area contributed by atoms with Crippen molar-refractivity contribution in [1.29, 1.82) is 0 Å². The third-order valence-corrected chi connectivity index (χ3v) is 7.78. The number of aryl methyl sites for hydroxylation is 2. The third-order valence-electron chi connectivity index (χ3n) is 7.78. The van der Waals surface area contributed by atoms with E-state index in [0.717, 1.165) is 40.6 Å². The van der Waals surface area contributed by atoms with Gasteiger partial charge in [-0.1, -0.05) is 0 Å². The van der Waals surface area contributed by atoms with E-state index < -0.39 is 11.9 Å². The fourth-order valence-corrected chi connectivity index (χ4v) is 5.61. The summed E-state index contributed by atoms with van der Waals surface area (Å²) in [6.45, 7) is 4.26. The van der Waals surface area contributed by atoms with E-state index in [1.807, 2.05) is 6.92 Å². The number of nitrogens with zero attached hydrogens (tertiary/aromatic N) is 3. The van der Waals surface area contributed by atoms with E-state index in [9.17, 15) is 19.2 Å². The molecule has 1 aromatic carbocycles. The lowest BCUT2D eigenvalue weighted by molar-refractivity contribution is -0.136. The van der Waals surface area contributed by atoms with Crippen LogP contribution in [0.25, 0.3) is 11.0 Å². The quantitative estimate of drug-likeness (QED) is 0.550. The summed E-state index contributed by atoms with van der Waals surface area (Å²) in [5.41, 5.74) is 5.26. The van der Waals surface area contributed by atoms with Crippen molar-refractivity contribution in [3.8, 4) is 0 Å². The third kappa shape index (κ3) is 3.49. The maximum absolute atomic E-state index is 13.2. The molecule has 9 heteroatoms. The average Bonchev–Trinajstić information content (AvgIpc) is 3.30. The van der Waals surface area contributed by atoms with Crippen molar-refractivity contribution in [3.05, 3.63) is 58.4 Å². The molecule has 0 spiro atoms. The monoisotopic (exact) mass is 485 g/mol. The Hall–Kier alpha value is -4.01. The molecule has 2 fully saturated rings. The highest BCUT2D eigenvalue weighted by Crippen LogP contribution is 2.37. The zero-order valence-electron chi connectivity index (χ0n) is 20.3. The van der Waals surface area contributed by atoms with E-state index in [1.54, 1.807) is 24.4 Å².